The molecular formula is C7H8ClN3. The van der Waals surface area contributed by atoms with E-state index in [-0.39, 0.29) is 12.4 Å². The normalized spacial score (nSPS) is 9.45. The van der Waals surface area contributed by atoms with Crippen LogP contribution in [0.15, 0.2) is 30.6 Å². The Morgan fingerprint density at radius 2 is 2.27 bits per heavy atom. The molecule has 2 aromatic rings. The first-order valence-electron chi connectivity index (χ1n) is 3.05. The predicted octanol–water partition coefficient (Wildman–Crippen LogP) is 1.34. The van der Waals surface area contributed by atoms with Crippen LogP contribution in [0.25, 0.3) is 5.52 Å². The molecule has 2 rings (SSSR count). The van der Waals surface area contributed by atoms with Crippen molar-refractivity contribution in [2.75, 3.05) is 5.73 Å². The second-order valence-corrected chi connectivity index (χ2v) is 2.17. The third kappa shape index (κ3) is 1.28. The minimum atomic E-state index is 0. The van der Waals surface area contributed by atoms with Crippen LogP contribution < -0.4 is 5.73 Å². The zero-order valence-electron chi connectivity index (χ0n) is 5.77. The lowest BCUT2D eigenvalue weighted by Crippen LogP contribution is -1.85. The lowest BCUT2D eigenvalue weighted by atomic mass is 10.4. The molecule has 58 valence electrons. The summed E-state index contributed by atoms with van der Waals surface area (Å²) < 4.78 is 1.75. The Hall–Kier alpha value is -1.22. The summed E-state index contributed by atoms with van der Waals surface area (Å²) >= 11 is 0. The van der Waals surface area contributed by atoms with Crippen molar-refractivity contribution in [1.29, 1.82) is 0 Å². The summed E-state index contributed by atoms with van der Waals surface area (Å²) in [5.74, 6) is 0. The zero-order chi connectivity index (χ0) is 6.97. The maximum absolute atomic E-state index is 5.53. The molecule has 0 atom stereocenters. The summed E-state index contributed by atoms with van der Waals surface area (Å²) in [7, 11) is 0. The molecule has 2 heterocycles. The molecular weight excluding hydrogens is 162 g/mol. The van der Waals surface area contributed by atoms with Gasteiger partial charge < -0.3 is 5.73 Å². The standard InChI is InChI=1S/C7H7N3.ClH/c8-6-4-7-2-1-3-9-10(7)5-6;/h1-5H,8H2;1H. The highest BCUT2D eigenvalue weighted by Crippen LogP contribution is 2.07. The van der Waals surface area contributed by atoms with Crippen LogP contribution in [-0.2, 0) is 0 Å². The van der Waals surface area contributed by atoms with Crippen molar-refractivity contribution in [2.24, 2.45) is 0 Å². The van der Waals surface area contributed by atoms with Crippen LogP contribution >= 0.6 is 12.4 Å². The first-order chi connectivity index (χ1) is 4.86. The molecule has 0 aliphatic heterocycles. The third-order valence-electron chi connectivity index (χ3n) is 1.39. The number of nitrogens with zero attached hydrogens (tertiary/aromatic N) is 2. The van der Waals surface area contributed by atoms with E-state index in [9.17, 15) is 0 Å². The SMILES string of the molecule is Cl.Nc1cc2cccnn2c1. The highest BCUT2D eigenvalue weighted by molar-refractivity contribution is 5.85. The number of hydrogen-bond donors (Lipinski definition) is 1. The molecule has 0 saturated carbocycles. The fourth-order valence-corrected chi connectivity index (χ4v) is 0.966. The quantitative estimate of drug-likeness (QED) is 0.647. The summed E-state index contributed by atoms with van der Waals surface area (Å²) in [6, 6.07) is 5.73. The van der Waals surface area contributed by atoms with Crippen LogP contribution in [-0.4, -0.2) is 9.61 Å². The van der Waals surface area contributed by atoms with Gasteiger partial charge in [-0.3, -0.25) is 0 Å². The number of anilines is 1. The van der Waals surface area contributed by atoms with Gasteiger partial charge in [0, 0.05) is 6.20 Å². The van der Waals surface area contributed by atoms with Crippen LogP contribution in [0, 0.1) is 0 Å². The number of rotatable bonds is 0. The van der Waals surface area contributed by atoms with Gasteiger partial charge in [0.15, 0.2) is 0 Å². The van der Waals surface area contributed by atoms with Gasteiger partial charge in [0.25, 0.3) is 0 Å². The number of nitrogens with two attached hydrogens (primary N) is 1. The van der Waals surface area contributed by atoms with Crippen LogP contribution in [0.5, 0.6) is 0 Å². The molecule has 0 bridgehead atoms. The maximum Gasteiger partial charge on any atom is 0.0668 e. The van der Waals surface area contributed by atoms with Crippen LogP contribution in [0.3, 0.4) is 0 Å². The number of nitrogen functional groups attached to an aromatic ring is 1. The van der Waals surface area contributed by atoms with Gasteiger partial charge in [-0.15, -0.1) is 12.4 Å². The minimum absolute atomic E-state index is 0. The second kappa shape index (κ2) is 2.80. The minimum Gasteiger partial charge on any atom is -0.397 e. The van der Waals surface area contributed by atoms with E-state index in [2.05, 4.69) is 5.10 Å². The van der Waals surface area contributed by atoms with Crippen molar-refractivity contribution >= 4 is 23.6 Å². The zero-order valence-corrected chi connectivity index (χ0v) is 6.58. The number of hydrogen-bond acceptors (Lipinski definition) is 2. The Labute approximate surface area is 70.2 Å². The van der Waals surface area contributed by atoms with Crippen molar-refractivity contribution in [3.8, 4) is 0 Å². The number of fused-ring (bicyclic) bond motifs is 1. The maximum atomic E-state index is 5.53. The Kier molecular flexibility index (Phi) is 2.01. The van der Waals surface area contributed by atoms with E-state index in [1.54, 1.807) is 16.9 Å². The number of halogens is 1. The fourth-order valence-electron chi connectivity index (χ4n) is 0.966. The van der Waals surface area contributed by atoms with E-state index < -0.39 is 0 Å². The topological polar surface area (TPSA) is 43.3 Å². The van der Waals surface area contributed by atoms with Crippen LogP contribution in [0.2, 0.25) is 0 Å². The first kappa shape index (κ1) is 7.88. The Morgan fingerprint density at radius 1 is 1.45 bits per heavy atom. The average Bonchev–Trinajstić information content (AvgIpc) is 2.27. The van der Waals surface area contributed by atoms with E-state index in [4.69, 9.17) is 5.73 Å². The predicted molar refractivity (Wildman–Crippen MR) is 46.9 cm³/mol. The van der Waals surface area contributed by atoms with Gasteiger partial charge in [0.2, 0.25) is 0 Å². The Balaban J connectivity index is 0.000000605. The molecule has 2 N–H and O–H groups in total. The lowest BCUT2D eigenvalue weighted by Gasteiger charge is -1.87. The van der Waals surface area contributed by atoms with Gasteiger partial charge in [-0.05, 0) is 18.2 Å². The smallest absolute Gasteiger partial charge is 0.0668 e. The van der Waals surface area contributed by atoms with Crippen LogP contribution in [0.1, 0.15) is 0 Å². The van der Waals surface area contributed by atoms with Gasteiger partial charge in [0.05, 0.1) is 17.4 Å². The molecule has 3 nitrogen and oxygen atoms in total. The van der Waals surface area contributed by atoms with Gasteiger partial charge >= 0.3 is 0 Å². The van der Waals surface area contributed by atoms with Crippen molar-refractivity contribution < 1.29 is 0 Å². The molecule has 0 aromatic carbocycles. The van der Waals surface area contributed by atoms with E-state index in [1.807, 2.05) is 18.2 Å². The van der Waals surface area contributed by atoms with E-state index >= 15 is 0 Å². The lowest BCUT2D eigenvalue weighted by molar-refractivity contribution is 0.942. The average molecular weight is 170 g/mol. The van der Waals surface area contributed by atoms with Crippen LogP contribution in [0.4, 0.5) is 5.69 Å². The molecule has 0 saturated heterocycles. The molecule has 4 heteroatoms. The molecule has 11 heavy (non-hydrogen) atoms. The second-order valence-electron chi connectivity index (χ2n) is 2.17. The van der Waals surface area contributed by atoms with E-state index in [1.165, 1.54) is 0 Å². The molecule has 0 aliphatic carbocycles. The summed E-state index contributed by atoms with van der Waals surface area (Å²) in [6.45, 7) is 0. The van der Waals surface area contributed by atoms with Crippen molar-refractivity contribution in [1.82, 2.24) is 9.61 Å². The Morgan fingerprint density at radius 3 is 3.00 bits per heavy atom. The highest BCUT2D eigenvalue weighted by atomic mass is 35.5. The fraction of sp³-hybridized carbons (Fsp3) is 0. The number of aromatic nitrogens is 2. The summed E-state index contributed by atoms with van der Waals surface area (Å²) in [5, 5.41) is 4.04. The van der Waals surface area contributed by atoms with Gasteiger partial charge in [0.1, 0.15) is 0 Å². The van der Waals surface area contributed by atoms with Gasteiger partial charge in [-0.2, -0.15) is 5.10 Å². The molecule has 0 fully saturated rings. The van der Waals surface area contributed by atoms with Crippen molar-refractivity contribution in [3.05, 3.63) is 30.6 Å². The molecule has 0 unspecified atom stereocenters. The van der Waals surface area contributed by atoms with Crippen molar-refractivity contribution in [3.63, 3.8) is 0 Å². The van der Waals surface area contributed by atoms with Gasteiger partial charge in [-0.25, -0.2) is 4.52 Å². The largest absolute Gasteiger partial charge is 0.397 e. The van der Waals surface area contributed by atoms with Gasteiger partial charge in [-0.1, -0.05) is 0 Å². The molecule has 0 aliphatic rings. The van der Waals surface area contributed by atoms with Crippen molar-refractivity contribution in [2.45, 2.75) is 0 Å². The molecule has 0 amide bonds. The highest BCUT2D eigenvalue weighted by Gasteiger charge is 1.92. The first-order valence-corrected chi connectivity index (χ1v) is 3.05. The summed E-state index contributed by atoms with van der Waals surface area (Å²) in [6.07, 6.45) is 3.52. The summed E-state index contributed by atoms with van der Waals surface area (Å²) in [4.78, 5) is 0. The van der Waals surface area contributed by atoms with E-state index in [0.717, 1.165) is 11.2 Å². The molecule has 2 aromatic heterocycles. The molecule has 0 radical (unpaired) electrons. The monoisotopic (exact) mass is 169 g/mol. The molecule has 0 spiro atoms. The summed E-state index contributed by atoms with van der Waals surface area (Å²) in [5.41, 5.74) is 7.31. The Bertz CT molecular complexity index is 322. The van der Waals surface area contributed by atoms with E-state index in [0.29, 0.717) is 0 Å². The third-order valence-corrected chi connectivity index (χ3v) is 1.39.